The number of benzene rings is 4. The average molecular weight is 541 g/mol. The van der Waals surface area contributed by atoms with Crippen LogP contribution in [0, 0.1) is 6.92 Å². The number of aliphatic hydroxyl groups excluding tert-OH is 1. The Hall–Kier alpha value is -3.61. The van der Waals surface area contributed by atoms with Gasteiger partial charge in [-0.1, -0.05) is 66.7 Å². The fraction of sp³-hybridized carbons (Fsp3) is 0.273. The van der Waals surface area contributed by atoms with E-state index in [1.54, 1.807) is 23.9 Å². The van der Waals surface area contributed by atoms with E-state index in [1.165, 1.54) is 0 Å². The number of carbonyl (C=O) groups is 2. The summed E-state index contributed by atoms with van der Waals surface area (Å²) in [5, 5.41) is 19.8. The van der Waals surface area contributed by atoms with Crippen LogP contribution in [-0.4, -0.2) is 40.4 Å². The smallest absolute Gasteiger partial charge is 0.251 e. The number of hydrogen-bond acceptors (Lipinski definition) is 4. The maximum atomic E-state index is 13.3. The zero-order valence-electron chi connectivity index (χ0n) is 22.9. The zero-order chi connectivity index (χ0) is 28.0. The van der Waals surface area contributed by atoms with E-state index in [2.05, 4.69) is 41.0 Å². The number of hydrogen-bond donors (Lipinski definition) is 3. The van der Waals surface area contributed by atoms with Gasteiger partial charge in [-0.15, -0.1) is 11.8 Å². The van der Waals surface area contributed by atoms with Crippen LogP contribution in [-0.2, 0) is 6.42 Å². The molecule has 0 fully saturated rings. The minimum atomic E-state index is -0.908. The molecule has 4 rings (SSSR count). The molecule has 0 aliphatic carbocycles. The number of carbonyl (C=O) groups excluding carboxylic acids is 2. The molecule has 0 aromatic heterocycles. The number of aliphatic hydroxyl groups is 1. The highest BCUT2D eigenvalue weighted by molar-refractivity contribution is 7.99. The van der Waals surface area contributed by atoms with Gasteiger partial charge in [0.1, 0.15) is 0 Å². The van der Waals surface area contributed by atoms with Crippen LogP contribution in [0.3, 0.4) is 0 Å². The van der Waals surface area contributed by atoms with Crippen molar-refractivity contribution >= 4 is 34.3 Å². The van der Waals surface area contributed by atoms with Crippen molar-refractivity contribution < 1.29 is 14.7 Å². The largest absolute Gasteiger partial charge is 0.391 e. The quantitative estimate of drug-likeness (QED) is 0.222. The van der Waals surface area contributed by atoms with Crippen LogP contribution >= 0.6 is 11.8 Å². The summed E-state index contributed by atoms with van der Waals surface area (Å²) in [5.74, 6) is 0.0550. The van der Waals surface area contributed by atoms with Crippen molar-refractivity contribution in [3.05, 3.63) is 113 Å². The van der Waals surface area contributed by atoms with E-state index in [1.807, 2.05) is 76.2 Å². The van der Waals surface area contributed by atoms with Gasteiger partial charge in [-0.25, -0.2) is 0 Å². The second-order valence-corrected chi connectivity index (χ2v) is 11.9. The molecule has 202 valence electrons. The van der Waals surface area contributed by atoms with Gasteiger partial charge in [-0.05, 0) is 73.9 Å². The van der Waals surface area contributed by atoms with E-state index in [9.17, 15) is 14.7 Å². The fourth-order valence-corrected chi connectivity index (χ4v) is 5.51. The maximum absolute atomic E-state index is 13.3. The fourth-order valence-electron chi connectivity index (χ4n) is 4.46. The first-order valence-electron chi connectivity index (χ1n) is 13.2. The lowest BCUT2D eigenvalue weighted by atomic mass is 9.96. The van der Waals surface area contributed by atoms with Gasteiger partial charge < -0.3 is 15.7 Å². The maximum Gasteiger partial charge on any atom is 0.251 e. The topological polar surface area (TPSA) is 78.4 Å². The number of fused-ring (bicyclic) bond motifs is 1. The van der Waals surface area contributed by atoms with E-state index < -0.39 is 12.1 Å². The average Bonchev–Trinajstić information content (AvgIpc) is 2.90. The lowest BCUT2D eigenvalue weighted by molar-refractivity contribution is 0.0849. The summed E-state index contributed by atoms with van der Waals surface area (Å²) in [6.45, 7) is 7.70. The molecule has 4 aromatic rings. The summed E-state index contributed by atoms with van der Waals surface area (Å²) in [6, 6.07) is 28.6. The molecular formula is C33H36N2O3S. The summed E-state index contributed by atoms with van der Waals surface area (Å²) < 4.78 is 0. The molecule has 5 nitrogen and oxygen atoms in total. The molecule has 0 spiro atoms. The Labute approximate surface area is 235 Å². The Morgan fingerprint density at radius 1 is 0.821 bits per heavy atom. The molecule has 2 atom stereocenters. The Kier molecular flexibility index (Phi) is 9.10. The predicted molar refractivity (Wildman–Crippen MR) is 160 cm³/mol. The molecule has 0 bridgehead atoms. The van der Waals surface area contributed by atoms with Crippen molar-refractivity contribution in [2.45, 2.75) is 56.7 Å². The highest BCUT2D eigenvalue weighted by atomic mass is 32.2. The molecule has 0 saturated heterocycles. The van der Waals surface area contributed by atoms with E-state index in [0.29, 0.717) is 16.9 Å². The Morgan fingerprint density at radius 2 is 1.46 bits per heavy atom. The summed E-state index contributed by atoms with van der Waals surface area (Å²) in [5.41, 5.74) is 2.32. The van der Waals surface area contributed by atoms with Crippen molar-refractivity contribution in [1.82, 2.24) is 10.6 Å². The summed E-state index contributed by atoms with van der Waals surface area (Å²) in [6.07, 6.45) is -0.681. The van der Waals surface area contributed by atoms with Crippen LogP contribution in [0.25, 0.3) is 10.8 Å². The zero-order valence-corrected chi connectivity index (χ0v) is 23.7. The highest BCUT2D eigenvalue weighted by Crippen LogP contribution is 2.26. The summed E-state index contributed by atoms with van der Waals surface area (Å²) in [4.78, 5) is 27.3. The molecule has 0 saturated carbocycles. The number of rotatable bonds is 9. The first kappa shape index (κ1) is 28.4. The molecule has 2 amide bonds. The molecular weight excluding hydrogens is 504 g/mol. The predicted octanol–water partition coefficient (Wildman–Crippen LogP) is 6.17. The van der Waals surface area contributed by atoms with Crippen molar-refractivity contribution in [1.29, 1.82) is 0 Å². The third kappa shape index (κ3) is 7.71. The molecule has 6 heteroatoms. The van der Waals surface area contributed by atoms with Gasteiger partial charge in [-0.3, -0.25) is 9.59 Å². The summed E-state index contributed by atoms with van der Waals surface area (Å²) >= 11 is 1.59. The number of nitrogens with one attached hydrogen (secondary N) is 2. The lowest BCUT2D eigenvalue weighted by Gasteiger charge is -2.26. The molecule has 0 aliphatic heterocycles. The second kappa shape index (κ2) is 12.5. The number of thioether (sulfide) groups is 1. The normalized spacial score (nSPS) is 13.1. The number of amides is 2. The van der Waals surface area contributed by atoms with Crippen LogP contribution in [0.4, 0.5) is 0 Å². The minimum Gasteiger partial charge on any atom is -0.391 e. The lowest BCUT2D eigenvalue weighted by Crippen LogP contribution is -2.46. The minimum absolute atomic E-state index is 0.184. The monoisotopic (exact) mass is 540 g/mol. The number of aryl methyl sites for hydroxylation is 1. The highest BCUT2D eigenvalue weighted by Gasteiger charge is 2.26. The van der Waals surface area contributed by atoms with Crippen molar-refractivity contribution in [2.24, 2.45) is 0 Å². The SMILES string of the molecule is Cc1ccccc1C(=O)N[C@@H](CSc1ccc2ccccc2c1)[C@H](O)Cc1ccccc1C(=O)NC(C)(C)C. The first-order valence-corrected chi connectivity index (χ1v) is 14.2. The Bertz CT molecular complexity index is 1460. The van der Waals surface area contributed by atoms with Gasteiger partial charge in [-0.2, -0.15) is 0 Å². The van der Waals surface area contributed by atoms with E-state index >= 15 is 0 Å². The van der Waals surface area contributed by atoms with Crippen LogP contribution in [0.15, 0.2) is 95.9 Å². The van der Waals surface area contributed by atoms with Gasteiger partial charge in [0, 0.05) is 33.7 Å². The first-order chi connectivity index (χ1) is 18.6. The van der Waals surface area contributed by atoms with Crippen molar-refractivity contribution in [3.8, 4) is 0 Å². The standard InChI is InChI=1S/C33H36N2O3S/c1-22-11-5-9-15-27(22)31(37)34-29(21-39-26-18-17-23-12-6-7-13-24(23)19-26)30(36)20-25-14-8-10-16-28(25)32(38)35-33(2,3)4/h5-19,29-30,36H,20-21H2,1-4H3,(H,34,37)(H,35,38)/t29-,30+/m0/s1. The van der Waals surface area contributed by atoms with Crippen LogP contribution in [0.5, 0.6) is 0 Å². The van der Waals surface area contributed by atoms with E-state index in [-0.39, 0.29) is 23.8 Å². The third-order valence-corrected chi connectivity index (χ3v) is 7.61. The van der Waals surface area contributed by atoms with Gasteiger partial charge >= 0.3 is 0 Å². The Balaban J connectivity index is 1.56. The molecule has 39 heavy (non-hydrogen) atoms. The van der Waals surface area contributed by atoms with Gasteiger partial charge in [0.15, 0.2) is 0 Å². The van der Waals surface area contributed by atoms with Crippen molar-refractivity contribution in [2.75, 3.05) is 5.75 Å². The Morgan fingerprint density at radius 3 is 2.18 bits per heavy atom. The van der Waals surface area contributed by atoms with Crippen LogP contribution in [0.2, 0.25) is 0 Å². The molecule has 0 radical (unpaired) electrons. The molecule has 0 heterocycles. The van der Waals surface area contributed by atoms with Gasteiger partial charge in [0.05, 0.1) is 12.1 Å². The van der Waals surface area contributed by atoms with Gasteiger partial charge in [0.25, 0.3) is 11.8 Å². The van der Waals surface area contributed by atoms with E-state index in [4.69, 9.17) is 0 Å². The third-order valence-electron chi connectivity index (χ3n) is 6.50. The van der Waals surface area contributed by atoms with Crippen LogP contribution in [0.1, 0.15) is 52.6 Å². The summed E-state index contributed by atoms with van der Waals surface area (Å²) in [7, 11) is 0. The van der Waals surface area contributed by atoms with Gasteiger partial charge in [0.2, 0.25) is 0 Å². The molecule has 4 aromatic carbocycles. The molecule has 0 unspecified atom stereocenters. The second-order valence-electron chi connectivity index (χ2n) is 10.8. The van der Waals surface area contributed by atoms with Crippen molar-refractivity contribution in [3.63, 3.8) is 0 Å². The molecule has 0 aliphatic rings. The molecule has 3 N–H and O–H groups in total. The van der Waals surface area contributed by atoms with Crippen LogP contribution < -0.4 is 10.6 Å². The van der Waals surface area contributed by atoms with E-state index in [0.717, 1.165) is 26.8 Å².